The van der Waals surface area contributed by atoms with Crippen molar-refractivity contribution >= 4 is 22.6 Å². The molecule has 1 aliphatic rings. The molecule has 1 fully saturated rings. The normalized spacial score (nSPS) is 14.2. The van der Waals surface area contributed by atoms with E-state index >= 15 is 0 Å². The lowest BCUT2D eigenvalue weighted by Crippen LogP contribution is -2.23. The fourth-order valence-electron chi connectivity index (χ4n) is 3.60. The van der Waals surface area contributed by atoms with Crippen LogP contribution in [0.5, 0.6) is 0 Å². The van der Waals surface area contributed by atoms with Crippen molar-refractivity contribution in [3.63, 3.8) is 0 Å². The molecule has 0 bridgehead atoms. The molecule has 0 spiro atoms. The summed E-state index contributed by atoms with van der Waals surface area (Å²) in [6, 6.07) is 12.2. The summed E-state index contributed by atoms with van der Waals surface area (Å²) < 4.78 is 0. The van der Waals surface area contributed by atoms with Crippen LogP contribution < -0.4 is 4.90 Å². The minimum Gasteiger partial charge on any atom is -0.312 e. The fourth-order valence-corrected chi connectivity index (χ4v) is 3.60. The van der Waals surface area contributed by atoms with Gasteiger partial charge in [0.2, 0.25) is 5.91 Å². The number of H-pyrrole nitrogens is 1. The predicted molar refractivity (Wildman–Crippen MR) is 104 cm³/mol. The highest BCUT2D eigenvalue weighted by Gasteiger charge is 2.21. The molecule has 3 aromatic heterocycles. The van der Waals surface area contributed by atoms with Gasteiger partial charge in [0.05, 0.1) is 6.20 Å². The van der Waals surface area contributed by atoms with Gasteiger partial charge in [0.1, 0.15) is 0 Å². The summed E-state index contributed by atoms with van der Waals surface area (Å²) in [7, 11) is 0. The zero-order chi connectivity index (χ0) is 18.2. The Morgan fingerprint density at radius 1 is 0.963 bits per heavy atom. The van der Waals surface area contributed by atoms with E-state index in [0.717, 1.165) is 51.9 Å². The molecule has 1 aliphatic heterocycles. The minimum atomic E-state index is 0.202. The molecular formula is C21H17N5O. The quantitative estimate of drug-likeness (QED) is 0.606. The summed E-state index contributed by atoms with van der Waals surface area (Å²) in [5.41, 5.74) is 5.87. The molecule has 6 nitrogen and oxygen atoms in total. The summed E-state index contributed by atoms with van der Waals surface area (Å²) in [5.74, 6) is 0.202. The summed E-state index contributed by atoms with van der Waals surface area (Å²) >= 11 is 0. The minimum absolute atomic E-state index is 0.202. The number of aromatic nitrogens is 4. The number of nitrogens with one attached hydrogen (secondary N) is 1. The number of fused-ring (bicyclic) bond motifs is 1. The van der Waals surface area contributed by atoms with Crippen LogP contribution in [-0.4, -0.2) is 32.6 Å². The van der Waals surface area contributed by atoms with E-state index < -0.39 is 0 Å². The van der Waals surface area contributed by atoms with Crippen molar-refractivity contribution in [3.8, 4) is 22.3 Å². The Hall–Kier alpha value is -3.54. The Bertz CT molecular complexity index is 1130. The Kier molecular flexibility index (Phi) is 3.67. The van der Waals surface area contributed by atoms with Crippen molar-refractivity contribution in [1.82, 2.24) is 20.2 Å². The number of anilines is 1. The van der Waals surface area contributed by atoms with E-state index in [1.807, 2.05) is 47.6 Å². The standard InChI is InChI=1S/C21H17N5O/c27-20-2-1-9-26(20)17-5-3-14(4-6-17)15-10-16(12-22-11-15)18-7-8-23-21-19(18)13-24-25-21/h3-8,10-13H,1-2,9H2,(H,23,24,25). The molecule has 1 N–H and O–H groups in total. The maximum atomic E-state index is 11.9. The van der Waals surface area contributed by atoms with Gasteiger partial charge in [0.25, 0.3) is 0 Å². The highest BCUT2D eigenvalue weighted by Crippen LogP contribution is 2.30. The first-order valence-corrected chi connectivity index (χ1v) is 8.94. The number of carbonyl (C=O) groups is 1. The van der Waals surface area contributed by atoms with Gasteiger partial charge in [-0.2, -0.15) is 5.10 Å². The Morgan fingerprint density at radius 3 is 2.63 bits per heavy atom. The van der Waals surface area contributed by atoms with Crippen LogP contribution in [0.1, 0.15) is 12.8 Å². The van der Waals surface area contributed by atoms with Crippen LogP contribution in [0.2, 0.25) is 0 Å². The lowest BCUT2D eigenvalue weighted by atomic mass is 10.0. The zero-order valence-corrected chi connectivity index (χ0v) is 14.6. The number of aromatic amines is 1. The number of rotatable bonds is 3. The molecule has 4 aromatic rings. The van der Waals surface area contributed by atoms with E-state index in [1.54, 1.807) is 12.4 Å². The number of carbonyl (C=O) groups excluding carboxylic acids is 1. The molecule has 5 rings (SSSR count). The second-order valence-electron chi connectivity index (χ2n) is 6.65. The van der Waals surface area contributed by atoms with Gasteiger partial charge in [-0.05, 0) is 41.8 Å². The van der Waals surface area contributed by atoms with Crippen molar-refractivity contribution in [3.05, 3.63) is 61.2 Å². The number of amides is 1. The van der Waals surface area contributed by atoms with Gasteiger partial charge >= 0.3 is 0 Å². The molecule has 132 valence electrons. The SMILES string of the molecule is O=C1CCCN1c1ccc(-c2cncc(-c3ccnc4[nH]ncc34)c2)cc1. The van der Waals surface area contributed by atoms with Gasteiger partial charge in [-0.3, -0.25) is 14.9 Å². The van der Waals surface area contributed by atoms with Crippen molar-refractivity contribution in [2.75, 3.05) is 11.4 Å². The molecule has 27 heavy (non-hydrogen) atoms. The van der Waals surface area contributed by atoms with E-state index in [0.29, 0.717) is 6.42 Å². The monoisotopic (exact) mass is 355 g/mol. The highest BCUT2D eigenvalue weighted by atomic mass is 16.2. The topological polar surface area (TPSA) is 74.8 Å². The molecule has 0 saturated carbocycles. The van der Waals surface area contributed by atoms with Crippen LogP contribution in [0.15, 0.2) is 61.2 Å². The maximum Gasteiger partial charge on any atom is 0.227 e. The Balaban J connectivity index is 1.50. The summed E-state index contributed by atoms with van der Waals surface area (Å²) in [6.45, 7) is 0.804. The number of pyridine rings is 2. The van der Waals surface area contributed by atoms with Crippen molar-refractivity contribution in [2.45, 2.75) is 12.8 Å². The van der Waals surface area contributed by atoms with Crippen LogP contribution in [0, 0.1) is 0 Å². The zero-order valence-electron chi connectivity index (χ0n) is 14.6. The summed E-state index contributed by atoms with van der Waals surface area (Å²) in [6.07, 6.45) is 8.83. The van der Waals surface area contributed by atoms with Gasteiger partial charge in [-0.25, -0.2) is 4.98 Å². The molecular weight excluding hydrogens is 338 g/mol. The van der Waals surface area contributed by atoms with Crippen molar-refractivity contribution in [1.29, 1.82) is 0 Å². The predicted octanol–water partition coefficient (Wildman–Crippen LogP) is 3.81. The van der Waals surface area contributed by atoms with E-state index in [2.05, 4.69) is 26.2 Å². The smallest absolute Gasteiger partial charge is 0.227 e. The van der Waals surface area contributed by atoms with Gasteiger partial charge in [0, 0.05) is 53.8 Å². The number of hydrogen-bond acceptors (Lipinski definition) is 4. The van der Waals surface area contributed by atoms with Crippen molar-refractivity contribution < 1.29 is 4.79 Å². The van der Waals surface area contributed by atoms with E-state index in [9.17, 15) is 4.79 Å². The molecule has 0 atom stereocenters. The number of hydrogen-bond donors (Lipinski definition) is 1. The van der Waals surface area contributed by atoms with Crippen LogP contribution >= 0.6 is 0 Å². The molecule has 0 radical (unpaired) electrons. The van der Waals surface area contributed by atoms with Crippen LogP contribution in [0.4, 0.5) is 5.69 Å². The second kappa shape index (κ2) is 6.32. The third-order valence-electron chi connectivity index (χ3n) is 4.99. The summed E-state index contributed by atoms with van der Waals surface area (Å²) in [5, 5.41) is 7.95. The maximum absolute atomic E-state index is 11.9. The number of nitrogens with zero attached hydrogens (tertiary/aromatic N) is 4. The van der Waals surface area contributed by atoms with E-state index in [-0.39, 0.29) is 5.91 Å². The van der Waals surface area contributed by atoms with Gasteiger partial charge in [-0.15, -0.1) is 0 Å². The van der Waals surface area contributed by atoms with E-state index in [1.165, 1.54) is 0 Å². The van der Waals surface area contributed by atoms with Crippen LogP contribution in [-0.2, 0) is 4.79 Å². The van der Waals surface area contributed by atoms with Gasteiger partial charge < -0.3 is 4.90 Å². The Labute approximate surface area is 155 Å². The molecule has 1 aromatic carbocycles. The molecule has 4 heterocycles. The van der Waals surface area contributed by atoms with Crippen molar-refractivity contribution in [2.24, 2.45) is 0 Å². The van der Waals surface area contributed by atoms with Crippen LogP contribution in [0.25, 0.3) is 33.3 Å². The lowest BCUT2D eigenvalue weighted by molar-refractivity contribution is -0.117. The fraction of sp³-hybridized carbons (Fsp3) is 0.143. The van der Waals surface area contributed by atoms with Crippen LogP contribution in [0.3, 0.4) is 0 Å². The molecule has 1 amide bonds. The highest BCUT2D eigenvalue weighted by molar-refractivity contribution is 5.95. The first-order valence-electron chi connectivity index (χ1n) is 8.94. The molecule has 6 heteroatoms. The molecule has 0 aliphatic carbocycles. The van der Waals surface area contributed by atoms with Gasteiger partial charge in [0.15, 0.2) is 5.65 Å². The first kappa shape index (κ1) is 15.7. The van der Waals surface area contributed by atoms with Gasteiger partial charge in [-0.1, -0.05) is 12.1 Å². The molecule has 1 saturated heterocycles. The van der Waals surface area contributed by atoms with E-state index in [4.69, 9.17) is 0 Å². The average molecular weight is 355 g/mol. The third-order valence-corrected chi connectivity index (χ3v) is 4.99. The first-order chi connectivity index (χ1) is 13.3. The third kappa shape index (κ3) is 2.75. The largest absolute Gasteiger partial charge is 0.312 e. The summed E-state index contributed by atoms with van der Waals surface area (Å²) in [4.78, 5) is 22.5. The Morgan fingerprint density at radius 2 is 1.81 bits per heavy atom. The molecule has 0 unspecified atom stereocenters. The average Bonchev–Trinajstić information content (AvgIpc) is 3.37. The number of benzene rings is 1. The lowest BCUT2D eigenvalue weighted by Gasteiger charge is -2.16. The second-order valence-corrected chi connectivity index (χ2v) is 6.65.